The molecule has 2 aromatic rings. The lowest BCUT2D eigenvalue weighted by Gasteiger charge is -2.11. The van der Waals surface area contributed by atoms with E-state index in [-0.39, 0.29) is 12.4 Å². The van der Waals surface area contributed by atoms with Gasteiger partial charge < -0.3 is 15.4 Å². The van der Waals surface area contributed by atoms with E-state index in [1.807, 2.05) is 6.92 Å². The van der Waals surface area contributed by atoms with Crippen LogP contribution in [0, 0.1) is 0 Å². The maximum atomic E-state index is 12.2. The minimum atomic E-state index is -4.40. The van der Waals surface area contributed by atoms with Crippen molar-refractivity contribution in [3.8, 4) is 5.88 Å². The Hall–Kier alpha value is -2.85. The summed E-state index contributed by atoms with van der Waals surface area (Å²) in [5, 5.41) is 10.2. The van der Waals surface area contributed by atoms with E-state index in [0.717, 1.165) is 5.82 Å². The number of halogens is 3. The largest absolute Gasteiger partial charge is 0.468 e. The molecule has 0 aliphatic heterocycles. The first kappa shape index (κ1) is 19.5. The first-order valence-corrected chi connectivity index (χ1v) is 7.87. The smallest absolute Gasteiger partial charge is 0.422 e. The highest BCUT2D eigenvalue weighted by molar-refractivity contribution is 5.79. The Bertz CT molecular complexity index is 730. The molecule has 0 aromatic carbocycles. The number of aryl methyl sites for hydroxylation is 1. The second-order valence-corrected chi connectivity index (χ2v) is 5.25. The van der Waals surface area contributed by atoms with E-state index < -0.39 is 12.8 Å². The predicted octanol–water partition coefficient (Wildman–Crippen LogP) is 1.41. The molecule has 0 spiro atoms. The van der Waals surface area contributed by atoms with Crippen molar-refractivity contribution in [2.24, 2.45) is 12.0 Å². The fourth-order valence-electron chi connectivity index (χ4n) is 1.94. The minimum Gasteiger partial charge on any atom is -0.468 e. The third-order valence-corrected chi connectivity index (χ3v) is 3.17. The summed E-state index contributed by atoms with van der Waals surface area (Å²) in [7, 11) is 1.79. The Morgan fingerprint density at radius 1 is 1.31 bits per heavy atom. The highest BCUT2D eigenvalue weighted by Crippen LogP contribution is 2.17. The number of pyridine rings is 1. The van der Waals surface area contributed by atoms with Crippen molar-refractivity contribution in [3.63, 3.8) is 0 Å². The quantitative estimate of drug-likeness (QED) is 0.565. The lowest BCUT2D eigenvalue weighted by molar-refractivity contribution is -0.154. The number of guanidine groups is 1. The van der Waals surface area contributed by atoms with Crippen LogP contribution >= 0.6 is 0 Å². The number of aromatic nitrogens is 4. The Balaban J connectivity index is 1.96. The van der Waals surface area contributed by atoms with Crippen LogP contribution in [0.15, 0.2) is 29.6 Å². The molecule has 0 saturated heterocycles. The lowest BCUT2D eigenvalue weighted by Crippen LogP contribution is -2.37. The second-order valence-electron chi connectivity index (χ2n) is 5.25. The summed E-state index contributed by atoms with van der Waals surface area (Å²) in [5.41, 5.74) is 0.674. The Labute approximate surface area is 148 Å². The van der Waals surface area contributed by atoms with Gasteiger partial charge in [-0.2, -0.15) is 18.3 Å². The standard InChI is InChI=1S/C15H20F3N7O/c1-3-19-14(22-8-12-23-10-24-25(12)2)21-7-11-4-5-20-13(6-11)26-9-15(16,17)18/h4-6,10H,3,7-9H2,1-2H3,(H2,19,21,22). The van der Waals surface area contributed by atoms with Crippen molar-refractivity contribution in [1.82, 2.24) is 30.4 Å². The third-order valence-electron chi connectivity index (χ3n) is 3.17. The predicted molar refractivity (Wildman–Crippen MR) is 88.4 cm³/mol. The molecule has 8 nitrogen and oxygen atoms in total. The van der Waals surface area contributed by atoms with E-state index in [9.17, 15) is 13.2 Å². The van der Waals surface area contributed by atoms with Crippen LogP contribution in [0.3, 0.4) is 0 Å². The fraction of sp³-hybridized carbons (Fsp3) is 0.467. The van der Waals surface area contributed by atoms with Crippen molar-refractivity contribution in [2.75, 3.05) is 13.2 Å². The van der Waals surface area contributed by atoms with E-state index >= 15 is 0 Å². The molecule has 2 heterocycles. The van der Waals surface area contributed by atoms with Crippen molar-refractivity contribution in [3.05, 3.63) is 36.0 Å². The topological polar surface area (TPSA) is 89.2 Å². The average Bonchev–Trinajstić information content (AvgIpc) is 3.00. The first-order valence-electron chi connectivity index (χ1n) is 7.87. The maximum Gasteiger partial charge on any atom is 0.422 e. The van der Waals surface area contributed by atoms with Crippen LogP contribution in [0.25, 0.3) is 0 Å². The number of alkyl halides is 3. The van der Waals surface area contributed by atoms with Gasteiger partial charge in [0.25, 0.3) is 0 Å². The van der Waals surface area contributed by atoms with Crippen molar-refractivity contribution in [2.45, 2.75) is 26.2 Å². The molecule has 0 aliphatic rings. The van der Waals surface area contributed by atoms with Crippen molar-refractivity contribution < 1.29 is 17.9 Å². The number of nitrogens with zero attached hydrogens (tertiary/aromatic N) is 5. The van der Waals surface area contributed by atoms with Gasteiger partial charge in [-0.3, -0.25) is 4.68 Å². The Morgan fingerprint density at radius 2 is 2.12 bits per heavy atom. The van der Waals surface area contributed by atoms with E-state index in [1.165, 1.54) is 18.6 Å². The Morgan fingerprint density at radius 3 is 2.77 bits per heavy atom. The lowest BCUT2D eigenvalue weighted by atomic mass is 10.3. The zero-order chi connectivity index (χ0) is 19.0. The average molecular weight is 371 g/mol. The fourth-order valence-corrected chi connectivity index (χ4v) is 1.94. The van der Waals surface area contributed by atoms with Gasteiger partial charge in [0.2, 0.25) is 5.88 Å². The van der Waals surface area contributed by atoms with Gasteiger partial charge in [0.15, 0.2) is 12.6 Å². The summed E-state index contributed by atoms with van der Waals surface area (Å²) in [6.07, 6.45) is -1.56. The molecule has 0 unspecified atom stereocenters. The molecule has 0 radical (unpaired) electrons. The molecule has 0 aliphatic carbocycles. The zero-order valence-corrected chi connectivity index (χ0v) is 14.4. The van der Waals surface area contributed by atoms with E-state index in [1.54, 1.807) is 17.8 Å². The maximum absolute atomic E-state index is 12.2. The van der Waals surface area contributed by atoms with Crippen LogP contribution in [-0.4, -0.2) is 45.0 Å². The second kappa shape index (κ2) is 9.02. The molecule has 0 amide bonds. The molecule has 0 bridgehead atoms. The molecule has 0 fully saturated rings. The van der Waals surface area contributed by atoms with Gasteiger partial charge in [0.1, 0.15) is 12.2 Å². The summed E-state index contributed by atoms with van der Waals surface area (Å²) in [6, 6.07) is 3.09. The molecule has 11 heteroatoms. The van der Waals surface area contributed by atoms with E-state index in [4.69, 9.17) is 0 Å². The molecule has 0 atom stereocenters. The van der Waals surface area contributed by atoms with Crippen LogP contribution in [-0.2, 0) is 20.1 Å². The summed E-state index contributed by atoms with van der Waals surface area (Å²) >= 11 is 0. The van der Waals surface area contributed by atoms with Crippen LogP contribution in [0.2, 0.25) is 0 Å². The molecule has 26 heavy (non-hydrogen) atoms. The molecular weight excluding hydrogens is 351 g/mol. The van der Waals surface area contributed by atoms with Gasteiger partial charge in [-0.05, 0) is 18.6 Å². The summed E-state index contributed by atoms with van der Waals surface area (Å²) in [4.78, 5) is 12.3. The van der Waals surface area contributed by atoms with Gasteiger partial charge in [-0.15, -0.1) is 0 Å². The highest BCUT2D eigenvalue weighted by atomic mass is 19.4. The van der Waals surface area contributed by atoms with E-state index in [2.05, 4.69) is 35.4 Å². The molecule has 142 valence electrons. The van der Waals surface area contributed by atoms with Crippen molar-refractivity contribution >= 4 is 5.96 Å². The van der Waals surface area contributed by atoms with Gasteiger partial charge in [-0.25, -0.2) is 15.0 Å². The number of hydrogen-bond acceptors (Lipinski definition) is 5. The summed E-state index contributed by atoms with van der Waals surface area (Å²) in [5.74, 6) is 1.19. The minimum absolute atomic E-state index is 0.0907. The highest BCUT2D eigenvalue weighted by Gasteiger charge is 2.28. The molecule has 0 saturated carbocycles. The first-order chi connectivity index (χ1) is 12.4. The molecule has 2 aromatic heterocycles. The van der Waals surface area contributed by atoms with Crippen molar-refractivity contribution in [1.29, 1.82) is 0 Å². The number of aliphatic imine (C=N–C) groups is 1. The van der Waals surface area contributed by atoms with Gasteiger partial charge >= 0.3 is 6.18 Å². The summed E-state index contributed by atoms with van der Waals surface area (Å²) < 4.78 is 42.9. The number of hydrogen-bond donors (Lipinski definition) is 2. The number of ether oxygens (including phenoxy) is 1. The number of nitrogens with one attached hydrogen (secondary N) is 2. The summed E-state index contributed by atoms with van der Waals surface area (Å²) in [6.45, 7) is 1.88. The third kappa shape index (κ3) is 6.57. The van der Waals surface area contributed by atoms with Gasteiger partial charge in [-0.1, -0.05) is 0 Å². The van der Waals surface area contributed by atoms with Crippen LogP contribution in [0.1, 0.15) is 18.3 Å². The zero-order valence-electron chi connectivity index (χ0n) is 14.4. The van der Waals surface area contributed by atoms with Gasteiger partial charge in [0, 0.05) is 25.9 Å². The number of rotatable bonds is 7. The normalized spacial score (nSPS) is 12.1. The van der Waals surface area contributed by atoms with Crippen LogP contribution < -0.4 is 15.4 Å². The molecule has 2 rings (SSSR count). The van der Waals surface area contributed by atoms with E-state index in [0.29, 0.717) is 24.6 Å². The van der Waals surface area contributed by atoms with Gasteiger partial charge in [0.05, 0.1) is 13.1 Å². The molecule has 2 N–H and O–H groups in total. The monoisotopic (exact) mass is 371 g/mol. The van der Waals surface area contributed by atoms with Crippen LogP contribution in [0.4, 0.5) is 13.2 Å². The van der Waals surface area contributed by atoms with Crippen LogP contribution in [0.5, 0.6) is 5.88 Å². The SMILES string of the molecule is CCNC(=NCc1ccnc(OCC(F)(F)F)c1)NCc1ncnn1C. The Kier molecular flexibility index (Phi) is 6.75. The molecular formula is C15H20F3N7O.